The molecular weight excluding hydrogens is 304 g/mol. The molecule has 1 N–H and O–H groups in total. The summed E-state index contributed by atoms with van der Waals surface area (Å²) in [4.78, 5) is 35.5. The number of allylic oxidation sites excluding steroid dienone is 1. The maximum atomic E-state index is 12.1. The van der Waals surface area contributed by atoms with Crippen molar-refractivity contribution in [2.45, 2.75) is 53.2 Å². The highest BCUT2D eigenvalue weighted by molar-refractivity contribution is 5.89. The van der Waals surface area contributed by atoms with Crippen LogP contribution in [0, 0.1) is 0 Å². The van der Waals surface area contributed by atoms with Gasteiger partial charge in [0, 0.05) is 0 Å². The Hall–Kier alpha value is -2.25. The van der Waals surface area contributed by atoms with Gasteiger partial charge in [0.2, 0.25) is 0 Å². The normalized spacial score (nSPS) is 11.2. The number of methoxy groups -OCH3 is 1. The standard InChI is InChI=1S/C15H26N2O6/c1-7-8-12(13(18)21-6)9-17(15(20)23-11(4)5)16-14(19)22-10(2)3/h8,10-11H,7,9H2,1-6H3,(H,16,19)/b12-8-. The topological polar surface area (TPSA) is 94.2 Å². The number of hydrazine groups is 1. The van der Waals surface area contributed by atoms with Crippen LogP contribution in [0.2, 0.25) is 0 Å². The first kappa shape index (κ1) is 20.8. The lowest BCUT2D eigenvalue weighted by atomic mass is 10.2. The second-order valence-electron chi connectivity index (χ2n) is 5.21. The molecule has 0 aromatic rings. The number of hydrogen-bond donors (Lipinski definition) is 1. The van der Waals surface area contributed by atoms with E-state index >= 15 is 0 Å². The van der Waals surface area contributed by atoms with E-state index in [2.05, 4.69) is 10.2 Å². The number of hydrogen-bond acceptors (Lipinski definition) is 6. The summed E-state index contributed by atoms with van der Waals surface area (Å²) in [5.74, 6) is -0.590. The van der Waals surface area contributed by atoms with Gasteiger partial charge in [-0.3, -0.25) is 0 Å². The van der Waals surface area contributed by atoms with Gasteiger partial charge in [-0.2, -0.15) is 0 Å². The van der Waals surface area contributed by atoms with Crippen LogP contribution in [-0.2, 0) is 19.0 Å². The number of rotatable bonds is 6. The molecule has 23 heavy (non-hydrogen) atoms. The lowest BCUT2D eigenvalue weighted by molar-refractivity contribution is -0.136. The van der Waals surface area contributed by atoms with E-state index < -0.39 is 18.2 Å². The maximum Gasteiger partial charge on any atom is 0.429 e. The minimum Gasteiger partial charge on any atom is -0.466 e. The van der Waals surface area contributed by atoms with Crippen LogP contribution >= 0.6 is 0 Å². The van der Waals surface area contributed by atoms with Gasteiger partial charge in [-0.05, 0) is 34.1 Å². The number of amides is 2. The number of esters is 1. The largest absolute Gasteiger partial charge is 0.466 e. The molecule has 0 aromatic heterocycles. The van der Waals surface area contributed by atoms with Crippen LogP contribution in [0.1, 0.15) is 41.0 Å². The fraction of sp³-hybridized carbons (Fsp3) is 0.667. The highest BCUT2D eigenvalue weighted by Crippen LogP contribution is 2.06. The molecule has 0 atom stereocenters. The van der Waals surface area contributed by atoms with E-state index in [1.54, 1.807) is 33.8 Å². The van der Waals surface area contributed by atoms with E-state index in [1.807, 2.05) is 6.92 Å². The molecular formula is C15H26N2O6. The first-order valence-electron chi connectivity index (χ1n) is 7.43. The smallest absolute Gasteiger partial charge is 0.429 e. The fourth-order valence-electron chi connectivity index (χ4n) is 1.53. The van der Waals surface area contributed by atoms with Gasteiger partial charge >= 0.3 is 18.2 Å². The molecule has 0 rings (SSSR count). The third-order valence-corrected chi connectivity index (χ3v) is 2.35. The summed E-state index contributed by atoms with van der Waals surface area (Å²) in [5.41, 5.74) is 2.49. The van der Waals surface area contributed by atoms with Gasteiger partial charge in [0.1, 0.15) is 0 Å². The molecule has 132 valence electrons. The van der Waals surface area contributed by atoms with Crippen LogP contribution in [-0.4, -0.2) is 49.0 Å². The fourth-order valence-corrected chi connectivity index (χ4v) is 1.53. The molecule has 0 aromatic carbocycles. The van der Waals surface area contributed by atoms with Crippen molar-refractivity contribution < 1.29 is 28.6 Å². The first-order valence-corrected chi connectivity index (χ1v) is 7.43. The molecule has 0 radical (unpaired) electrons. The zero-order chi connectivity index (χ0) is 18.0. The van der Waals surface area contributed by atoms with E-state index in [0.29, 0.717) is 6.42 Å². The van der Waals surface area contributed by atoms with Crippen LogP contribution in [0.25, 0.3) is 0 Å². The molecule has 0 aliphatic carbocycles. The highest BCUT2D eigenvalue weighted by atomic mass is 16.6. The molecule has 0 heterocycles. The predicted molar refractivity (Wildman–Crippen MR) is 83.5 cm³/mol. The molecule has 0 spiro atoms. The van der Waals surface area contributed by atoms with Crippen molar-refractivity contribution in [3.8, 4) is 0 Å². The van der Waals surface area contributed by atoms with E-state index in [9.17, 15) is 14.4 Å². The number of carbonyl (C=O) groups excluding carboxylic acids is 3. The van der Waals surface area contributed by atoms with Gasteiger partial charge in [0.15, 0.2) is 0 Å². The van der Waals surface area contributed by atoms with Gasteiger partial charge in [-0.1, -0.05) is 13.0 Å². The molecule has 8 nitrogen and oxygen atoms in total. The molecule has 0 unspecified atom stereocenters. The number of nitrogens with one attached hydrogen (secondary N) is 1. The van der Waals surface area contributed by atoms with E-state index in [1.165, 1.54) is 7.11 Å². The first-order chi connectivity index (χ1) is 10.7. The van der Waals surface area contributed by atoms with E-state index in [-0.39, 0.29) is 24.3 Å². The zero-order valence-electron chi connectivity index (χ0n) is 14.5. The monoisotopic (exact) mass is 330 g/mol. The van der Waals surface area contributed by atoms with Gasteiger partial charge in [-0.15, -0.1) is 0 Å². The van der Waals surface area contributed by atoms with Crippen LogP contribution in [0.15, 0.2) is 11.6 Å². The van der Waals surface area contributed by atoms with Crippen molar-refractivity contribution in [3.05, 3.63) is 11.6 Å². The highest BCUT2D eigenvalue weighted by Gasteiger charge is 2.24. The van der Waals surface area contributed by atoms with Crippen molar-refractivity contribution in [3.63, 3.8) is 0 Å². The Balaban J connectivity index is 5.16. The molecule has 2 amide bonds. The van der Waals surface area contributed by atoms with Crippen molar-refractivity contribution in [1.82, 2.24) is 10.4 Å². The van der Waals surface area contributed by atoms with E-state index in [4.69, 9.17) is 9.47 Å². The van der Waals surface area contributed by atoms with Crippen LogP contribution in [0.5, 0.6) is 0 Å². The van der Waals surface area contributed by atoms with Gasteiger partial charge in [0.05, 0.1) is 31.4 Å². The van der Waals surface area contributed by atoms with Crippen LogP contribution in [0.4, 0.5) is 9.59 Å². The van der Waals surface area contributed by atoms with Crippen molar-refractivity contribution >= 4 is 18.2 Å². The minimum absolute atomic E-state index is 0.195. The Labute approximate surface area is 136 Å². The van der Waals surface area contributed by atoms with Gasteiger partial charge in [0.25, 0.3) is 0 Å². The summed E-state index contributed by atoms with van der Waals surface area (Å²) in [7, 11) is 1.24. The minimum atomic E-state index is -0.818. The third-order valence-electron chi connectivity index (χ3n) is 2.35. The average molecular weight is 330 g/mol. The summed E-state index contributed by atoms with van der Waals surface area (Å²) < 4.78 is 14.6. The van der Waals surface area contributed by atoms with Crippen molar-refractivity contribution in [1.29, 1.82) is 0 Å². The molecule has 0 bridgehead atoms. The number of ether oxygens (including phenoxy) is 3. The maximum absolute atomic E-state index is 12.1. The lowest BCUT2D eigenvalue weighted by Gasteiger charge is -2.24. The molecule has 0 aliphatic heterocycles. The Morgan fingerprint density at radius 1 is 1.09 bits per heavy atom. The van der Waals surface area contributed by atoms with Gasteiger partial charge in [-0.25, -0.2) is 24.8 Å². The quantitative estimate of drug-likeness (QED) is 0.348. The second-order valence-corrected chi connectivity index (χ2v) is 5.21. The SMILES string of the molecule is CC/C=C(/CN(NC(=O)OC(C)C)C(=O)OC(C)C)C(=O)OC. The Bertz CT molecular complexity index is 445. The van der Waals surface area contributed by atoms with Gasteiger partial charge < -0.3 is 14.2 Å². The second kappa shape index (κ2) is 10.5. The zero-order valence-corrected chi connectivity index (χ0v) is 14.5. The van der Waals surface area contributed by atoms with Crippen LogP contribution < -0.4 is 5.43 Å². The van der Waals surface area contributed by atoms with Crippen molar-refractivity contribution in [2.75, 3.05) is 13.7 Å². The summed E-state index contributed by atoms with van der Waals surface area (Å²) in [6.07, 6.45) is -0.188. The predicted octanol–water partition coefficient (Wildman–Crippen LogP) is 2.39. The Kier molecular flexibility index (Phi) is 9.45. The molecule has 0 fully saturated rings. The Morgan fingerprint density at radius 3 is 2.09 bits per heavy atom. The number of nitrogens with zero attached hydrogens (tertiary/aromatic N) is 1. The molecule has 8 heteroatoms. The Morgan fingerprint density at radius 2 is 1.65 bits per heavy atom. The molecule has 0 saturated heterocycles. The molecule has 0 aliphatic rings. The molecule has 0 saturated carbocycles. The summed E-state index contributed by atoms with van der Waals surface area (Å²) in [6.45, 7) is 8.33. The summed E-state index contributed by atoms with van der Waals surface area (Å²) in [6, 6.07) is 0. The van der Waals surface area contributed by atoms with Crippen molar-refractivity contribution in [2.24, 2.45) is 0 Å². The average Bonchev–Trinajstić information content (AvgIpc) is 2.43. The number of carbonyl (C=O) groups is 3. The third kappa shape index (κ3) is 8.70. The van der Waals surface area contributed by atoms with E-state index in [0.717, 1.165) is 5.01 Å². The lowest BCUT2D eigenvalue weighted by Crippen LogP contribution is -2.49. The summed E-state index contributed by atoms with van der Waals surface area (Å²) >= 11 is 0. The van der Waals surface area contributed by atoms with Crippen LogP contribution in [0.3, 0.4) is 0 Å². The summed E-state index contributed by atoms with van der Waals surface area (Å²) in [5, 5.41) is 0.878.